The summed E-state index contributed by atoms with van der Waals surface area (Å²) in [5.41, 5.74) is 9.03. The molecule has 0 aliphatic carbocycles. The van der Waals surface area contributed by atoms with Gasteiger partial charge in [-0.1, -0.05) is 36.4 Å². The van der Waals surface area contributed by atoms with Gasteiger partial charge in [-0.3, -0.25) is 0 Å². The van der Waals surface area contributed by atoms with Crippen LogP contribution in [-0.4, -0.2) is 30.1 Å². The fourth-order valence-electron chi connectivity index (χ4n) is 3.90. The van der Waals surface area contributed by atoms with Crippen LogP contribution in [0.1, 0.15) is 21.5 Å². The molecule has 0 spiro atoms. The van der Waals surface area contributed by atoms with Crippen LogP contribution in [0.5, 0.6) is 11.5 Å². The van der Waals surface area contributed by atoms with Gasteiger partial charge in [0.05, 0.1) is 35.7 Å². The van der Waals surface area contributed by atoms with E-state index in [1.165, 1.54) is 13.2 Å². The van der Waals surface area contributed by atoms with Gasteiger partial charge in [-0.2, -0.15) is 15.6 Å². The molecule has 4 rings (SSSR count). The van der Waals surface area contributed by atoms with Gasteiger partial charge in [-0.15, -0.1) is 0 Å². The summed E-state index contributed by atoms with van der Waals surface area (Å²) in [7, 11) is 1.50. The molecule has 0 fully saturated rings. The highest BCUT2D eigenvalue weighted by Gasteiger charge is 2.37. The van der Waals surface area contributed by atoms with Crippen molar-refractivity contribution in [1.82, 2.24) is 0 Å². The number of para-hydroxylation sites is 1. The lowest BCUT2D eigenvalue weighted by Gasteiger charge is -2.21. The van der Waals surface area contributed by atoms with Crippen LogP contribution in [-0.2, 0) is 6.61 Å². The number of allylic oxidation sites excluding steroid dienone is 1. The summed E-state index contributed by atoms with van der Waals surface area (Å²) in [4.78, 5) is 11.2. The molecule has 0 bridgehead atoms. The number of aromatic carboxylic acids is 1. The van der Waals surface area contributed by atoms with E-state index in [4.69, 9.17) is 15.2 Å². The normalized spacial score (nSPS) is 16.9. The Kier molecular flexibility index (Phi) is 7.48. The lowest BCUT2D eigenvalue weighted by atomic mass is 9.95. The maximum atomic E-state index is 11.2. The van der Waals surface area contributed by atoms with E-state index in [1.807, 2.05) is 30.3 Å². The van der Waals surface area contributed by atoms with Crippen LogP contribution < -0.4 is 20.2 Å². The molecule has 0 aromatic heterocycles. The van der Waals surface area contributed by atoms with Crippen molar-refractivity contribution in [1.29, 1.82) is 10.5 Å². The van der Waals surface area contributed by atoms with Gasteiger partial charge in [0, 0.05) is 0 Å². The van der Waals surface area contributed by atoms with Crippen LogP contribution >= 0.6 is 0 Å². The Morgan fingerprint density at radius 3 is 2.57 bits per heavy atom. The molecule has 9 nitrogen and oxygen atoms in total. The van der Waals surface area contributed by atoms with E-state index < -0.39 is 18.1 Å². The first-order valence-electron chi connectivity index (χ1n) is 11.3. The predicted octanol–water partition coefficient (Wildman–Crippen LogP) is 4.18. The van der Waals surface area contributed by atoms with Crippen molar-refractivity contribution in [2.24, 2.45) is 16.8 Å². The van der Waals surface area contributed by atoms with E-state index in [0.29, 0.717) is 28.3 Å². The zero-order valence-electron chi connectivity index (χ0n) is 19.9. The number of carboxylic acid groups (broad SMARTS) is 1. The fraction of sp³-hybridized carbons (Fsp3) is 0.143. The number of carboxylic acids is 1. The molecule has 0 unspecified atom stereocenters. The molecule has 0 saturated carbocycles. The van der Waals surface area contributed by atoms with Crippen LogP contribution in [0.3, 0.4) is 0 Å². The van der Waals surface area contributed by atoms with E-state index >= 15 is 0 Å². The number of rotatable bonds is 8. The minimum Gasteiger partial charge on any atom is -0.493 e. The van der Waals surface area contributed by atoms with Gasteiger partial charge in [0.1, 0.15) is 24.8 Å². The zero-order chi connectivity index (χ0) is 26.4. The second-order valence-electron chi connectivity index (χ2n) is 8.14. The number of hydrogen-bond donors (Lipinski definition) is 2. The zero-order valence-corrected chi connectivity index (χ0v) is 19.9. The quantitative estimate of drug-likeness (QED) is 0.445. The number of benzene rings is 3. The first-order valence-corrected chi connectivity index (χ1v) is 11.3. The van der Waals surface area contributed by atoms with E-state index in [-0.39, 0.29) is 17.7 Å². The van der Waals surface area contributed by atoms with Crippen LogP contribution in [0.15, 0.2) is 83.5 Å². The van der Waals surface area contributed by atoms with Crippen LogP contribution in [0.2, 0.25) is 0 Å². The highest BCUT2D eigenvalue weighted by atomic mass is 16.5. The molecule has 1 aliphatic rings. The van der Waals surface area contributed by atoms with Crippen molar-refractivity contribution in [2.45, 2.75) is 12.8 Å². The molecule has 1 heterocycles. The number of carbonyl (C=O) groups is 1. The number of nitrogens with two attached hydrogens (primary N) is 1. The average Bonchev–Trinajstić information content (AvgIpc) is 3.27. The lowest BCUT2D eigenvalue weighted by molar-refractivity contribution is 0.0696. The standard InChI is InChI=1S/C28H23N5O4/c1-36-25-14-18(10-11-24(25)37-17-19-6-5-7-20(13-19)28(34)35)12-21(15-29)26-23(16-30)27(31)33(32-26)22-8-3-2-4-9-22/h2-14,23,27H,17,31H2,1H3,(H,34,35)/b21-12-/t23-,27-/m0/s1. The first-order chi connectivity index (χ1) is 17.9. The highest BCUT2D eigenvalue weighted by molar-refractivity contribution is 6.11. The van der Waals surface area contributed by atoms with Crippen LogP contribution in [0.4, 0.5) is 5.69 Å². The lowest BCUT2D eigenvalue weighted by Crippen LogP contribution is -2.40. The SMILES string of the molecule is COc1cc(/C=C(/C#N)C2=NN(c3ccccc3)[C@H](N)[C@H]2C#N)ccc1OCc1cccc(C(=O)O)c1. The second kappa shape index (κ2) is 11.1. The number of hydrazone groups is 1. The Morgan fingerprint density at radius 2 is 1.89 bits per heavy atom. The van der Waals surface area contributed by atoms with Crippen molar-refractivity contribution in [3.05, 3.63) is 95.1 Å². The summed E-state index contributed by atoms with van der Waals surface area (Å²) < 4.78 is 11.3. The molecule has 3 aromatic carbocycles. The third-order valence-corrected chi connectivity index (χ3v) is 5.76. The monoisotopic (exact) mass is 493 g/mol. The predicted molar refractivity (Wildman–Crippen MR) is 138 cm³/mol. The molecular weight excluding hydrogens is 470 g/mol. The third kappa shape index (κ3) is 5.43. The summed E-state index contributed by atoms with van der Waals surface area (Å²) in [6, 6.07) is 25.1. The Morgan fingerprint density at radius 1 is 1.11 bits per heavy atom. The maximum Gasteiger partial charge on any atom is 0.335 e. The van der Waals surface area contributed by atoms with Gasteiger partial charge in [-0.25, -0.2) is 9.80 Å². The van der Waals surface area contributed by atoms with Crippen molar-refractivity contribution >= 4 is 23.4 Å². The average molecular weight is 494 g/mol. The van der Waals surface area contributed by atoms with Gasteiger partial charge < -0.3 is 20.3 Å². The Bertz CT molecular complexity index is 1450. The van der Waals surface area contributed by atoms with Crippen LogP contribution in [0, 0.1) is 28.6 Å². The van der Waals surface area contributed by atoms with Gasteiger partial charge in [0.15, 0.2) is 11.5 Å². The largest absolute Gasteiger partial charge is 0.493 e. The fourth-order valence-corrected chi connectivity index (χ4v) is 3.90. The van der Waals surface area contributed by atoms with Gasteiger partial charge in [0.25, 0.3) is 0 Å². The molecule has 37 heavy (non-hydrogen) atoms. The van der Waals surface area contributed by atoms with Crippen molar-refractivity contribution in [3.8, 4) is 23.6 Å². The number of ether oxygens (including phenoxy) is 2. The summed E-state index contributed by atoms with van der Waals surface area (Å²) >= 11 is 0. The number of nitrogens with zero attached hydrogens (tertiary/aromatic N) is 4. The second-order valence-corrected chi connectivity index (χ2v) is 8.14. The summed E-state index contributed by atoms with van der Waals surface area (Å²) in [5, 5.41) is 34.9. The Hall–Kier alpha value is -5.12. The van der Waals surface area contributed by atoms with E-state index in [1.54, 1.807) is 47.5 Å². The number of nitriles is 2. The molecule has 0 radical (unpaired) electrons. The number of methoxy groups -OCH3 is 1. The minimum absolute atomic E-state index is 0.143. The third-order valence-electron chi connectivity index (χ3n) is 5.76. The van der Waals surface area contributed by atoms with Gasteiger partial charge in [0.2, 0.25) is 0 Å². The van der Waals surface area contributed by atoms with Gasteiger partial charge >= 0.3 is 5.97 Å². The molecule has 0 saturated heterocycles. The molecule has 184 valence electrons. The summed E-state index contributed by atoms with van der Waals surface area (Å²) in [6.07, 6.45) is 0.886. The van der Waals surface area contributed by atoms with Crippen LogP contribution in [0.25, 0.3) is 6.08 Å². The Labute approximate surface area is 213 Å². The minimum atomic E-state index is -1.01. The van der Waals surface area contributed by atoms with Gasteiger partial charge in [-0.05, 0) is 53.6 Å². The smallest absolute Gasteiger partial charge is 0.335 e. The summed E-state index contributed by atoms with van der Waals surface area (Å²) in [5.74, 6) is -0.933. The molecule has 0 amide bonds. The molecule has 2 atom stereocenters. The first kappa shape index (κ1) is 25.0. The molecule has 9 heteroatoms. The maximum absolute atomic E-state index is 11.2. The van der Waals surface area contributed by atoms with Crippen molar-refractivity contribution in [2.75, 3.05) is 12.1 Å². The Balaban J connectivity index is 1.59. The topological polar surface area (TPSA) is 145 Å². The highest BCUT2D eigenvalue weighted by Crippen LogP contribution is 2.32. The molecule has 3 aromatic rings. The van der Waals surface area contributed by atoms with E-state index in [9.17, 15) is 20.4 Å². The van der Waals surface area contributed by atoms with Crippen molar-refractivity contribution in [3.63, 3.8) is 0 Å². The number of anilines is 1. The van der Waals surface area contributed by atoms with E-state index in [2.05, 4.69) is 17.2 Å². The molecule has 3 N–H and O–H groups in total. The molecule has 1 aliphatic heterocycles. The number of hydrogen-bond acceptors (Lipinski definition) is 8. The summed E-state index contributed by atoms with van der Waals surface area (Å²) in [6.45, 7) is 0.143. The molecular formula is C28H23N5O4. The van der Waals surface area contributed by atoms with Crippen molar-refractivity contribution < 1.29 is 19.4 Å². The van der Waals surface area contributed by atoms with E-state index in [0.717, 1.165) is 5.69 Å².